The Bertz CT molecular complexity index is 606. The van der Waals surface area contributed by atoms with Gasteiger partial charge >= 0.3 is 6.03 Å². The van der Waals surface area contributed by atoms with Crippen LogP contribution in [0.5, 0.6) is 0 Å². The minimum absolute atomic E-state index is 0.0136. The van der Waals surface area contributed by atoms with Gasteiger partial charge in [-0.15, -0.1) is 0 Å². The van der Waals surface area contributed by atoms with Crippen molar-refractivity contribution < 1.29 is 9.59 Å². The van der Waals surface area contributed by atoms with Crippen molar-refractivity contribution >= 4 is 34.2 Å². The molecule has 0 bridgehead atoms. The van der Waals surface area contributed by atoms with E-state index in [4.69, 9.17) is 0 Å². The molecule has 0 aliphatic carbocycles. The number of urea groups is 1. The van der Waals surface area contributed by atoms with Gasteiger partial charge in [-0.2, -0.15) is 4.37 Å². The number of ketones is 1. The molecule has 0 aliphatic rings. The number of benzene rings is 1. The van der Waals surface area contributed by atoms with E-state index >= 15 is 0 Å². The van der Waals surface area contributed by atoms with Crippen LogP contribution in [0.1, 0.15) is 23.1 Å². The fourth-order valence-electron chi connectivity index (χ4n) is 1.40. The first kappa shape index (κ1) is 13.2. The molecule has 2 N–H and O–H groups in total. The fraction of sp³-hybridized carbons (Fsp3) is 0.167. The molecule has 1 heterocycles. The van der Waals surface area contributed by atoms with Gasteiger partial charge in [0.15, 0.2) is 5.78 Å². The third kappa shape index (κ3) is 3.59. The van der Waals surface area contributed by atoms with Gasteiger partial charge in [0.05, 0.1) is 0 Å². The molecule has 0 aliphatic heterocycles. The Morgan fingerprint density at radius 2 is 1.84 bits per heavy atom. The van der Waals surface area contributed by atoms with Crippen LogP contribution in [0.25, 0.3) is 0 Å². The lowest BCUT2D eigenvalue weighted by molar-refractivity contribution is 0.101. The van der Waals surface area contributed by atoms with Crippen molar-refractivity contribution in [2.75, 3.05) is 10.6 Å². The van der Waals surface area contributed by atoms with E-state index in [1.807, 2.05) is 0 Å². The molecule has 98 valence electrons. The lowest BCUT2D eigenvalue weighted by Gasteiger charge is -2.05. The van der Waals surface area contributed by atoms with E-state index in [1.54, 1.807) is 31.2 Å². The van der Waals surface area contributed by atoms with Crippen LogP contribution in [-0.4, -0.2) is 21.2 Å². The van der Waals surface area contributed by atoms with Crippen molar-refractivity contribution in [1.82, 2.24) is 9.36 Å². The Morgan fingerprint density at radius 3 is 2.37 bits per heavy atom. The van der Waals surface area contributed by atoms with Crippen LogP contribution in [0.15, 0.2) is 24.3 Å². The van der Waals surface area contributed by atoms with Crippen molar-refractivity contribution in [3.63, 3.8) is 0 Å². The predicted molar refractivity (Wildman–Crippen MR) is 73.7 cm³/mol. The highest BCUT2D eigenvalue weighted by atomic mass is 32.1. The van der Waals surface area contributed by atoms with Crippen LogP contribution in [0.2, 0.25) is 0 Å². The maximum absolute atomic E-state index is 11.7. The summed E-state index contributed by atoms with van der Waals surface area (Å²) in [6, 6.07) is 6.26. The molecule has 0 atom stereocenters. The zero-order chi connectivity index (χ0) is 13.8. The first-order chi connectivity index (χ1) is 9.04. The molecule has 0 saturated carbocycles. The normalized spacial score (nSPS) is 10.0. The number of aryl methyl sites for hydroxylation is 1. The lowest BCUT2D eigenvalue weighted by atomic mass is 10.1. The number of Topliss-reactive ketones (excluding diaryl/α,β-unsaturated/α-hetero) is 1. The highest BCUT2D eigenvalue weighted by Gasteiger charge is 2.06. The molecule has 0 radical (unpaired) electrons. The minimum atomic E-state index is -0.397. The quantitative estimate of drug-likeness (QED) is 0.844. The van der Waals surface area contributed by atoms with Gasteiger partial charge in [-0.1, -0.05) is 0 Å². The smallest absolute Gasteiger partial charge is 0.308 e. The van der Waals surface area contributed by atoms with E-state index in [1.165, 1.54) is 6.92 Å². The lowest BCUT2D eigenvalue weighted by Crippen LogP contribution is -2.19. The van der Waals surface area contributed by atoms with Crippen molar-refractivity contribution in [3.8, 4) is 0 Å². The summed E-state index contributed by atoms with van der Waals surface area (Å²) >= 11 is 1.12. The maximum atomic E-state index is 11.7. The Balaban J connectivity index is 1.97. The number of amides is 2. The SMILES string of the molecule is CC(=O)c1ccc(NC(=O)Nc2nc(C)ns2)cc1. The summed E-state index contributed by atoms with van der Waals surface area (Å²) in [5.74, 6) is 0.603. The number of aromatic nitrogens is 2. The number of hydrogen-bond acceptors (Lipinski definition) is 5. The summed E-state index contributed by atoms with van der Waals surface area (Å²) in [6.07, 6.45) is 0. The number of rotatable bonds is 3. The number of anilines is 2. The van der Waals surface area contributed by atoms with Crippen LogP contribution >= 0.6 is 11.5 Å². The summed E-state index contributed by atoms with van der Waals surface area (Å²) in [7, 11) is 0. The second-order valence-electron chi connectivity index (χ2n) is 3.86. The van der Waals surface area contributed by atoms with Crippen LogP contribution < -0.4 is 10.6 Å². The van der Waals surface area contributed by atoms with Crippen LogP contribution in [0, 0.1) is 6.92 Å². The zero-order valence-corrected chi connectivity index (χ0v) is 11.2. The Hall–Kier alpha value is -2.28. The average molecular weight is 276 g/mol. The summed E-state index contributed by atoms with van der Waals surface area (Å²) in [6.45, 7) is 3.24. The number of hydrogen-bond donors (Lipinski definition) is 2. The van der Waals surface area contributed by atoms with E-state index in [2.05, 4.69) is 20.0 Å². The van der Waals surface area contributed by atoms with Crippen molar-refractivity contribution in [3.05, 3.63) is 35.7 Å². The Kier molecular flexibility index (Phi) is 3.86. The summed E-state index contributed by atoms with van der Waals surface area (Å²) in [5, 5.41) is 5.66. The van der Waals surface area contributed by atoms with Gasteiger partial charge < -0.3 is 5.32 Å². The summed E-state index contributed by atoms with van der Waals surface area (Å²) in [4.78, 5) is 26.8. The second-order valence-corrected chi connectivity index (χ2v) is 4.61. The van der Waals surface area contributed by atoms with Gasteiger partial charge in [-0.25, -0.2) is 9.78 Å². The Labute approximate surface area is 114 Å². The van der Waals surface area contributed by atoms with Crippen molar-refractivity contribution in [2.24, 2.45) is 0 Å². The van der Waals surface area contributed by atoms with Gasteiger partial charge in [-0.05, 0) is 38.1 Å². The molecule has 0 spiro atoms. The predicted octanol–water partition coefficient (Wildman–Crippen LogP) is 2.69. The molecule has 1 aromatic heterocycles. The number of carbonyl (C=O) groups excluding carboxylic acids is 2. The van der Waals surface area contributed by atoms with E-state index < -0.39 is 6.03 Å². The maximum Gasteiger partial charge on any atom is 0.325 e. The molecule has 6 nitrogen and oxygen atoms in total. The van der Waals surface area contributed by atoms with Crippen LogP contribution in [0.3, 0.4) is 0 Å². The topological polar surface area (TPSA) is 84.0 Å². The zero-order valence-electron chi connectivity index (χ0n) is 10.4. The molecule has 2 rings (SSSR count). The third-order valence-electron chi connectivity index (χ3n) is 2.30. The highest BCUT2D eigenvalue weighted by molar-refractivity contribution is 7.09. The first-order valence-corrected chi connectivity index (χ1v) is 6.31. The molecule has 2 amide bonds. The van der Waals surface area contributed by atoms with E-state index in [0.29, 0.717) is 22.2 Å². The second kappa shape index (κ2) is 5.57. The molecule has 0 saturated heterocycles. The third-order valence-corrected chi connectivity index (χ3v) is 3.02. The number of carbonyl (C=O) groups is 2. The van der Waals surface area contributed by atoms with Gasteiger partial charge in [0.25, 0.3) is 0 Å². The molecule has 7 heteroatoms. The van der Waals surface area contributed by atoms with Crippen LogP contribution in [0.4, 0.5) is 15.6 Å². The van der Waals surface area contributed by atoms with E-state index in [0.717, 1.165) is 11.5 Å². The number of nitrogens with zero attached hydrogens (tertiary/aromatic N) is 2. The summed E-state index contributed by atoms with van der Waals surface area (Å²) in [5.41, 5.74) is 1.20. The molecule has 1 aromatic carbocycles. The van der Waals surface area contributed by atoms with E-state index in [-0.39, 0.29) is 5.78 Å². The van der Waals surface area contributed by atoms with Gasteiger partial charge in [0.1, 0.15) is 5.82 Å². The standard InChI is InChI=1S/C12H12N4O2S/c1-7(17)9-3-5-10(6-4-9)14-11(18)15-12-13-8(2)16-19-12/h3-6H,1-2H3,(H2,13,14,15,16,18). The average Bonchev–Trinajstić information content (AvgIpc) is 2.75. The van der Waals surface area contributed by atoms with E-state index in [9.17, 15) is 9.59 Å². The molecule has 2 aromatic rings. The van der Waals surface area contributed by atoms with Crippen LogP contribution in [-0.2, 0) is 0 Å². The van der Waals surface area contributed by atoms with Crippen molar-refractivity contribution in [2.45, 2.75) is 13.8 Å². The van der Waals surface area contributed by atoms with Gasteiger partial charge in [-0.3, -0.25) is 10.1 Å². The summed E-state index contributed by atoms with van der Waals surface area (Å²) < 4.78 is 3.96. The Morgan fingerprint density at radius 1 is 1.16 bits per heavy atom. The fourth-order valence-corrected chi connectivity index (χ4v) is 1.97. The monoisotopic (exact) mass is 276 g/mol. The minimum Gasteiger partial charge on any atom is -0.308 e. The highest BCUT2D eigenvalue weighted by Crippen LogP contribution is 2.13. The number of nitrogens with one attached hydrogen (secondary N) is 2. The molecular formula is C12H12N4O2S. The van der Waals surface area contributed by atoms with Gasteiger partial charge in [0, 0.05) is 22.8 Å². The first-order valence-electron chi connectivity index (χ1n) is 5.54. The molecular weight excluding hydrogens is 264 g/mol. The molecule has 19 heavy (non-hydrogen) atoms. The largest absolute Gasteiger partial charge is 0.325 e. The molecule has 0 fully saturated rings. The van der Waals surface area contributed by atoms with Gasteiger partial charge in [0.2, 0.25) is 5.13 Å². The van der Waals surface area contributed by atoms with Crippen molar-refractivity contribution in [1.29, 1.82) is 0 Å². The molecule has 0 unspecified atom stereocenters.